The largest absolute Gasteiger partial charge is 0.390 e. The lowest BCUT2D eigenvalue weighted by atomic mass is 9.98. The van der Waals surface area contributed by atoms with Crippen molar-refractivity contribution in [2.45, 2.75) is 4.21 Å². The molecule has 1 nitrogen and oxygen atoms in total. The zero-order valence-electron chi connectivity index (χ0n) is 11.2. The molecule has 0 spiro atoms. The summed E-state index contributed by atoms with van der Waals surface area (Å²) < 4.78 is 1.27. The van der Waals surface area contributed by atoms with Crippen LogP contribution in [0.1, 0.15) is 0 Å². The van der Waals surface area contributed by atoms with Gasteiger partial charge in [0.25, 0.3) is 0 Å². The minimum atomic E-state index is 0.888. The van der Waals surface area contributed by atoms with Crippen molar-refractivity contribution in [1.29, 1.82) is 0 Å². The molecule has 0 atom stereocenters. The highest BCUT2D eigenvalue weighted by atomic mass is 32.2. The van der Waals surface area contributed by atoms with Crippen LogP contribution in [-0.2, 0) is 0 Å². The van der Waals surface area contributed by atoms with Gasteiger partial charge in [0.2, 0.25) is 0 Å². The van der Waals surface area contributed by atoms with Crippen LogP contribution in [0.5, 0.6) is 0 Å². The maximum absolute atomic E-state index is 6.29. The number of rotatable bonds is 3. The summed E-state index contributed by atoms with van der Waals surface area (Å²) >= 11 is 3.43. The second kappa shape index (κ2) is 5.73. The first-order valence-corrected chi connectivity index (χ1v) is 8.42. The molecule has 0 amide bonds. The van der Waals surface area contributed by atoms with Crippen molar-refractivity contribution >= 4 is 28.1 Å². The van der Waals surface area contributed by atoms with Gasteiger partial charge >= 0.3 is 0 Å². The fourth-order valence-corrected chi connectivity index (χ4v) is 4.20. The first-order valence-electron chi connectivity index (χ1n) is 6.38. The predicted octanol–water partition coefficient (Wildman–Crippen LogP) is 5.39. The Morgan fingerprint density at radius 3 is 1.80 bits per heavy atom. The molecule has 100 valence electrons. The van der Waals surface area contributed by atoms with Gasteiger partial charge in [-0.05, 0) is 17.4 Å². The highest BCUT2D eigenvalue weighted by molar-refractivity contribution is 8.00. The van der Waals surface area contributed by atoms with Gasteiger partial charge < -0.3 is 5.73 Å². The van der Waals surface area contributed by atoms with Crippen LogP contribution in [0.15, 0.2) is 64.9 Å². The molecule has 3 rings (SSSR count). The van der Waals surface area contributed by atoms with E-state index in [4.69, 9.17) is 5.73 Å². The molecule has 0 fully saturated rings. The summed E-state index contributed by atoms with van der Waals surface area (Å²) in [5.41, 5.74) is 11.1. The molecule has 0 saturated carbocycles. The van der Waals surface area contributed by atoms with Crippen molar-refractivity contribution < 1.29 is 0 Å². The maximum atomic E-state index is 6.29. The number of thiophene rings is 1. The predicted molar refractivity (Wildman–Crippen MR) is 91.4 cm³/mol. The summed E-state index contributed by atoms with van der Waals surface area (Å²) in [6.45, 7) is 0. The first-order chi connectivity index (χ1) is 9.81. The minimum absolute atomic E-state index is 0.888. The second-order valence-corrected chi connectivity index (χ2v) is 6.57. The summed E-state index contributed by atoms with van der Waals surface area (Å²) in [7, 11) is 0. The standard InChI is InChI=1S/C17H15NS2/c1-19-17-15(13-10-6-3-7-11-13)14(16(18)20-17)12-8-4-2-5-9-12/h2-11H,18H2,1H3. The van der Waals surface area contributed by atoms with Crippen LogP contribution in [0.4, 0.5) is 5.00 Å². The average molecular weight is 297 g/mol. The molecule has 0 radical (unpaired) electrons. The molecule has 1 aromatic heterocycles. The molecule has 0 aliphatic heterocycles. The summed E-state index contributed by atoms with van der Waals surface area (Å²) in [5, 5.41) is 0.888. The van der Waals surface area contributed by atoms with Crippen molar-refractivity contribution in [3.63, 3.8) is 0 Å². The van der Waals surface area contributed by atoms with E-state index < -0.39 is 0 Å². The number of nitrogen functional groups attached to an aromatic ring is 1. The Balaban J connectivity index is 2.27. The highest BCUT2D eigenvalue weighted by Gasteiger charge is 2.18. The van der Waals surface area contributed by atoms with E-state index in [0.717, 1.165) is 10.6 Å². The molecule has 2 N–H and O–H groups in total. The van der Waals surface area contributed by atoms with Crippen LogP contribution in [0.25, 0.3) is 22.3 Å². The summed E-state index contributed by atoms with van der Waals surface area (Å²) in [6, 6.07) is 20.9. The van der Waals surface area contributed by atoms with E-state index in [1.165, 1.54) is 20.9 Å². The van der Waals surface area contributed by atoms with E-state index in [1.807, 2.05) is 12.1 Å². The summed E-state index contributed by atoms with van der Waals surface area (Å²) in [5.74, 6) is 0. The lowest BCUT2D eigenvalue weighted by molar-refractivity contribution is 1.58. The van der Waals surface area contributed by atoms with Gasteiger partial charge in [-0.25, -0.2) is 0 Å². The topological polar surface area (TPSA) is 26.0 Å². The van der Waals surface area contributed by atoms with E-state index in [1.54, 1.807) is 23.1 Å². The van der Waals surface area contributed by atoms with Gasteiger partial charge in [-0.3, -0.25) is 0 Å². The van der Waals surface area contributed by atoms with Crippen LogP contribution in [0.3, 0.4) is 0 Å². The smallest absolute Gasteiger partial charge is 0.0954 e. The SMILES string of the molecule is CSc1sc(N)c(-c2ccccc2)c1-c1ccccc1. The minimum Gasteiger partial charge on any atom is -0.390 e. The molecule has 1 heterocycles. The Bertz CT molecular complexity index is 703. The van der Waals surface area contributed by atoms with Crippen LogP contribution in [0.2, 0.25) is 0 Å². The Hall–Kier alpha value is -1.71. The van der Waals surface area contributed by atoms with Gasteiger partial charge in [0.1, 0.15) is 0 Å². The van der Waals surface area contributed by atoms with Gasteiger partial charge in [0.05, 0.1) is 9.21 Å². The molecule has 0 aliphatic carbocycles. The monoisotopic (exact) mass is 297 g/mol. The number of benzene rings is 2. The molecule has 2 aromatic carbocycles. The molecule has 3 heteroatoms. The molecule has 20 heavy (non-hydrogen) atoms. The first kappa shape index (κ1) is 13.3. The van der Waals surface area contributed by atoms with E-state index in [2.05, 4.69) is 54.8 Å². The molecular weight excluding hydrogens is 282 g/mol. The molecule has 3 aromatic rings. The third-order valence-electron chi connectivity index (χ3n) is 3.21. The summed E-state index contributed by atoms with van der Waals surface area (Å²) in [6.07, 6.45) is 2.10. The van der Waals surface area contributed by atoms with E-state index in [9.17, 15) is 0 Å². The van der Waals surface area contributed by atoms with Gasteiger partial charge in [-0.2, -0.15) is 0 Å². The number of hydrogen-bond donors (Lipinski definition) is 1. The quantitative estimate of drug-likeness (QED) is 0.656. The normalized spacial score (nSPS) is 10.7. The third kappa shape index (κ3) is 2.35. The molecule has 0 bridgehead atoms. The van der Waals surface area contributed by atoms with Crippen molar-refractivity contribution in [2.75, 3.05) is 12.0 Å². The fraction of sp³-hybridized carbons (Fsp3) is 0.0588. The molecular formula is C17H15NS2. The van der Waals surface area contributed by atoms with Crippen molar-refractivity contribution in [2.24, 2.45) is 0 Å². The van der Waals surface area contributed by atoms with Crippen molar-refractivity contribution in [3.8, 4) is 22.3 Å². The van der Waals surface area contributed by atoms with Crippen LogP contribution < -0.4 is 5.73 Å². The number of thioether (sulfide) groups is 1. The van der Waals surface area contributed by atoms with Gasteiger partial charge in [-0.1, -0.05) is 60.7 Å². The van der Waals surface area contributed by atoms with Crippen LogP contribution in [-0.4, -0.2) is 6.26 Å². The molecule has 0 unspecified atom stereocenters. The Kier molecular flexibility index (Phi) is 3.81. The average Bonchev–Trinajstić information content (AvgIpc) is 2.85. The number of nitrogens with two attached hydrogens (primary N) is 1. The van der Waals surface area contributed by atoms with Gasteiger partial charge in [0.15, 0.2) is 0 Å². The van der Waals surface area contributed by atoms with Gasteiger partial charge in [-0.15, -0.1) is 23.1 Å². The number of anilines is 1. The van der Waals surface area contributed by atoms with E-state index >= 15 is 0 Å². The Morgan fingerprint density at radius 2 is 1.30 bits per heavy atom. The van der Waals surface area contributed by atoms with Crippen LogP contribution in [0, 0.1) is 0 Å². The van der Waals surface area contributed by atoms with Gasteiger partial charge in [0, 0.05) is 11.1 Å². The zero-order chi connectivity index (χ0) is 13.9. The van der Waals surface area contributed by atoms with Crippen LogP contribution >= 0.6 is 23.1 Å². The lowest BCUT2D eigenvalue weighted by Crippen LogP contribution is -1.86. The Labute approximate surface area is 127 Å². The maximum Gasteiger partial charge on any atom is 0.0954 e. The molecule has 0 aliphatic rings. The number of hydrogen-bond acceptors (Lipinski definition) is 3. The summed E-state index contributed by atoms with van der Waals surface area (Å²) in [4.78, 5) is 0. The van der Waals surface area contributed by atoms with Crippen molar-refractivity contribution in [1.82, 2.24) is 0 Å². The van der Waals surface area contributed by atoms with Crippen molar-refractivity contribution in [3.05, 3.63) is 60.7 Å². The van der Waals surface area contributed by atoms with E-state index in [-0.39, 0.29) is 0 Å². The Morgan fingerprint density at radius 1 is 0.800 bits per heavy atom. The highest BCUT2D eigenvalue weighted by Crippen LogP contribution is 2.48. The fourth-order valence-electron chi connectivity index (χ4n) is 2.33. The zero-order valence-corrected chi connectivity index (χ0v) is 12.8. The second-order valence-electron chi connectivity index (χ2n) is 4.44. The van der Waals surface area contributed by atoms with E-state index in [0.29, 0.717) is 0 Å². The lowest BCUT2D eigenvalue weighted by Gasteiger charge is -2.08. The third-order valence-corrected chi connectivity index (χ3v) is 5.35. The molecule has 0 saturated heterocycles.